The number of hydrogen-bond donors (Lipinski definition) is 0. The Kier molecular flexibility index (Phi) is 2.88. The molecule has 0 aromatic heterocycles. The molecule has 2 nitrogen and oxygen atoms in total. The maximum absolute atomic E-state index is 11.3. The predicted octanol–water partition coefficient (Wildman–Crippen LogP) is 2.15. The van der Waals surface area contributed by atoms with Crippen LogP contribution in [0.25, 0.3) is 0 Å². The van der Waals surface area contributed by atoms with E-state index < -0.39 is 0 Å². The molecule has 0 amide bonds. The molecule has 1 aliphatic carbocycles. The van der Waals surface area contributed by atoms with Gasteiger partial charge in [-0.05, 0) is 37.1 Å². The number of ether oxygens (including phenoxy) is 1. The highest BCUT2D eigenvalue weighted by atomic mass is 16.5. The van der Waals surface area contributed by atoms with Crippen LogP contribution in [-0.2, 0) is 9.53 Å². The highest BCUT2D eigenvalue weighted by Gasteiger charge is 2.11. The van der Waals surface area contributed by atoms with Gasteiger partial charge in [0.1, 0.15) is 0 Å². The van der Waals surface area contributed by atoms with E-state index in [-0.39, 0.29) is 5.97 Å². The second-order valence-corrected chi connectivity index (χ2v) is 2.83. The Bertz CT molecular complexity index is 350. The van der Waals surface area contributed by atoms with Gasteiger partial charge in [-0.2, -0.15) is 0 Å². The molecule has 0 fully saturated rings. The van der Waals surface area contributed by atoms with E-state index in [4.69, 9.17) is 0 Å². The lowest BCUT2D eigenvalue weighted by molar-refractivity contribution is -0.135. The normalized spacial score (nSPS) is 15.5. The molecule has 1 rings (SSSR count). The average molecular weight is 176 g/mol. The van der Waals surface area contributed by atoms with Crippen molar-refractivity contribution >= 4 is 5.97 Å². The zero-order valence-electron chi connectivity index (χ0n) is 8.05. The Balaban J connectivity index is 3.17. The van der Waals surface area contributed by atoms with Gasteiger partial charge >= 0.3 is 5.97 Å². The molecule has 1 aliphatic rings. The minimum atomic E-state index is -0.301. The summed E-state index contributed by atoms with van der Waals surface area (Å²) in [5, 5.41) is 0. The first kappa shape index (κ1) is 9.56. The smallest absolute Gasteiger partial charge is 0.338 e. The zero-order chi connectivity index (χ0) is 9.84. The van der Waals surface area contributed by atoms with Gasteiger partial charge in [0.05, 0.1) is 12.7 Å². The van der Waals surface area contributed by atoms with Gasteiger partial charge < -0.3 is 4.74 Å². The van der Waals surface area contributed by atoms with Gasteiger partial charge in [0.25, 0.3) is 0 Å². The Morgan fingerprint density at radius 3 is 2.77 bits per heavy atom. The lowest BCUT2D eigenvalue weighted by Crippen LogP contribution is -2.05. The molecule has 68 valence electrons. The number of esters is 1. The van der Waals surface area contributed by atoms with E-state index in [0.717, 1.165) is 11.1 Å². The molecule has 0 atom stereocenters. The summed E-state index contributed by atoms with van der Waals surface area (Å²) < 4.78 is 4.66. The number of hydrogen-bond acceptors (Lipinski definition) is 2. The van der Waals surface area contributed by atoms with E-state index in [9.17, 15) is 4.79 Å². The Hall–Kier alpha value is -1.53. The van der Waals surface area contributed by atoms with E-state index >= 15 is 0 Å². The van der Waals surface area contributed by atoms with Crippen molar-refractivity contribution < 1.29 is 9.53 Å². The second kappa shape index (κ2) is 3.92. The van der Waals surface area contributed by atoms with Gasteiger partial charge in [0.15, 0.2) is 0 Å². The van der Waals surface area contributed by atoms with Crippen molar-refractivity contribution in [1.29, 1.82) is 0 Å². The molecule has 0 radical (unpaired) electrons. The molecule has 0 heterocycles. The predicted molar refractivity (Wildman–Crippen MR) is 51.1 cm³/mol. The molecule has 13 heavy (non-hydrogen) atoms. The van der Waals surface area contributed by atoms with E-state index in [1.54, 1.807) is 18.2 Å². The van der Waals surface area contributed by atoms with E-state index in [1.165, 1.54) is 7.11 Å². The average Bonchev–Trinajstić information content (AvgIpc) is 2.29. The summed E-state index contributed by atoms with van der Waals surface area (Å²) >= 11 is 0. The topological polar surface area (TPSA) is 26.3 Å². The third kappa shape index (κ3) is 1.98. The monoisotopic (exact) mass is 176 g/mol. The summed E-state index contributed by atoms with van der Waals surface area (Å²) in [5.74, 6) is -0.301. The maximum atomic E-state index is 11.3. The van der Waals surface area contributed by atoms with E-state index in [1.807, 2.05) is 13.8 Å². The van der Waals surface area contributed by atoms with Crippen LogP contribution in [-0.4, -0.2) is 13.1 Å². The third-order valence-electron chi connectivity index (χ3n) is 2.03. The van der Waals surface area contributed by atoms with E-state index in [0.29, 0.717) is 5.57 Å². The molecule has 0 saturated heterocycles. The van der Waals surface area contributed by atoms with Crippen molar-refractivity contribution in [2.24, 2.45) is 0 Å². The van der Waals surface area contributed by atoms with Crippen molar-refractivity contribution in [3.63, 3.8) is 0 Å². The second-order valence-electron chi connectivity index (χ2n) is 2.83. The molecule has 0 bridgehead atoms. The van der Waals surface area contributed by atoms with Crippen LogP contribution in [0.5, 0.6) is 0 Å². The Morgan fingerprint density at radius 2 is 2.15 bits per heavy atom. The third-order valence-corrected chi connectivity index (χ3v) is 2.03. The lowest BCUT2D eigenvalue weighted by atomic mass is 10.0. The molecule has 0 aromatic rings. The molecule has 0 saturated carbocycles. The van der Waals surface area contributed by atoms with Crippen molar-refractivity contribution in [3.8, 4) is 0 Å². The maximum Gasteiger partial charge on any atom is 0.338 e. The van der Waals surface area contributed by atoms with Crippen LogP contribution in [0.15, 0.2) is 40.7 Å². The SMILES string of the molecule is COC(=O)C1=C(C)C(C)=C=CC=C1. The van der Waals surface area contributed by atoms with Crippen LogP contribution in [0.4, 0.5) is 0 Å². The molecule has 0 aliphatic heterocycles. The van der Waals surface area contributed by atoms with Crippen LogP contribution in [0.1, 0.15) is 13.8 Å². The standard InChI is InChI=1S/C11H12O2/c1-8-6-4-5-7-10(9(8)2)11(12)13-3/h4-5,7H,1-3H3. The first-order chi connectivity index (χ1) is 6.16. The highest BCUT2D eigenvalue weighted by Crippen LogP contribution is 2.17. The highest BCUT2D eigenvalue weighted by molar-refractivity contribution is 5.93. The molecule has 2 heteroatoms. The molecular formula is C11H12O2. The van der Waals surface area contributed by atoms with Gasteiger partial charge in [-0.25, -0.2) is 4.79 Å². The van der Waals surface area contributed by atoms with Crippen LogP contribution < -0.4 is 0 Å². The first-order valence-electron chi connectivity index (χ1n) is 4.06. The Labute approximate surface area is 77.9 Å². The largest absolute Gasteiger partial charge is 0.465 e. The lowest BCUT2D eigenvalue weighted by Gasteiger charge is -2.04. The van der Waals surface area contributed by atoms with Gasteiger partial charge in [-0.15, -0.1) is 5.73 Å². The summed E-state index contributed by atoms with van der Waals surface area (Å²) in [5.41, 5.74) is 5.52. The first-order valence-corrected chi connectivity index (χ1v) is 4.06. The number of carbonyl (C=O) groups excluding carboxylic acids is 1. The fourth-order valence-corrected chi connectivity index (χ4v) is 1.08. The molecule has 0 spiro atoms. The Morgan fingerprint density at radius 1 is 1.46 bits per heavy atom. The summed E-state index contributed by atoms with van der Waals surface area (Å²) in [6.07, 6.45) is 5.31. The molecule has 0 aromatic carbocycles. The molecule has 0 N–H and O–H groups in total. The van der Waals surface area contributed by atoms with Crippen LogP contribution in [0.3, 0.4) is 0 Å². The van der Waals surface area contributed by atoms with Crippen LogP contribution in [0, 0.1) is 0 Å². The number of allylic oxidation sites excluding steroid dienone is 3. The minimum Gasteiger partial charge on any atom is -0.465 e. The summed E-state index contributed by atoms with van der Waals surface area (Å²) in [6.45, 7) is 3.81. The van der Waals surface area contributed by atoms with Gasteiger partial charge in [-0.3, -0.25) is 0 Å². The van der Waals surface area contributed by atoms with Crippen molar-refractivity contribution in [2.45, 2.75) is 13.8 Å². The van der Waals surface area contributed by atoms with Gasteiger partial charge in [0.2, 0.25) is 0 Å². The number of carbonyl (C=O) groups is 1. The number of methoxy groups -OCH3 is 1. The number of rotatable bonds is 1. The van der Waals surface area contributed by atoms with Crippen molar-refractivity contribution in [1.82, 2.24) is 0 Å². The molecule has 0 unspecified atom stereocenters. The minimum absolute atomic E-state index is 0.301. The summed E-state index contributed by atoms with van der Waals surface area (Å²) in [4.78, 5) is 11.3. The molecular weight excluding hydrogens is 164 g/mol. The van der Waals surface area contributed by atoms with Crippen LogP contribution in [0.2, 0.25) is 0 Å². The van der Waals surface area contributed by atoms with Crippen molar-refractivity contribution in [2.75, 3.05) is 7.11 Å². The fraction of sp³-hybridized carbons (Fsp3) is 0.273. The van der Waals surface area contributed by atoms with E-state index in [2.05, 4.69) is 10.5 Å². The fourth-order valence-electron chi connectivity index (χ4n) is 1.08. The van der Waals surface area contributed by atoms with Gasteiger partial charge in [0, 0.05) is 0 Å². The van der Waals surface area contributed by atoms with Crippen molar-refractivity contribution in [3.05, 3.63) is 40.7 Å². The summed E-state index contributed by atoms with van der Waals surface area (Å²) in [7, 11) is 1.38. The van der Waals surface area contributed by atoms with Gasteiger partial charge in [-0.1, -0.05) is 6.08 Å². The summed E-state index contributed by atoms with van der Waals surface area (Å²) in [6, 6.07) is 0. The zero-order valence-corrected chi connectivity index (χ0v) is 8.05. The quantitative estimate of drug-likeness (QED) is 0.452. The van der Waals surface area contributed by atoms with Crippen LogP contribution >= 0.6 is 0 Å².